The smallest absolute Gasteiger partial charge is 0.391 e. The van der Waals surface area contributed by atoms with Gasteiger partial charge in [0.2, 0.25) is 0 Å². The second-order valence-corrected chi connectivity index (χ2v) is 5.79. The molecule has 1 atom stereocenters. The zero-order chi connectivity index (χ0) is 16.4. The Hall–Kier alpha value is -1.64. The van der Waals surface area contributed by atoms with Crippen molar-refractivity contribution in [3.63, 3.8) is 0 Å². The average molecular weight is 325 g/mol. The molecule has 5 nitrogen and oxygen atoms in total. The number of ether oxygens (including phenoxy) is 1. The highest BCUT2D eigenvalue weighted by Crippen LogP contribution is 2.43. The summed E-state index contributed by atoms with van der Waals surface area (Å²) in [5.41, 5.74) is 5.96. The van der Waals surface area contributed by atoms with E-state index in [-0.39, 0.29) is 22.2 Å². The highest BCUT2D eigenvalue weighted by Gasteiger charge is 2.31. The van der Waals surface area contributed by atoms with E-state index in [0.29, 0.717) is 5.00 Å². The van der Waals surface area contributed by atoms with Crippen LogP contribution in [0.1, 0.15) is 23.0 Å². The number of nitrogens with one attached hydrogen (secondary N) is 1. The van der Waals surface area contributed by atoms with Crippen molar-refractivity contribution in [1.82, 2.24) is 4.90 Å². The van der Waals surface area contributed by atoms with Crippen LogP contribution in [0, 0.1) is 0 Å². The molecule has 0 radical (unpaired) electrons. The molecular weight excluding hydrogens is 307 g/mol. The van der Waals surface area contributed by atoms with Crippen molar-refractivity contribution >= 4 is 27.9 Å². The van der Waals surface area contributed by atoms with Gasteiger partial charge in [0.25, 0.3) is 5.91 Å². The quantitative estimate of drug-likeness (QED) is 0.873. The van der Waals surface area contributed by atoms with E-state index in [2.05, 4.69) is 5.32 Å². The van der Waals surface area contributed by atoms with Crippen LogP contribution in [0.3, 0.4) is 0 Å². The Labute approximate surface area is 124 Å². The SMILES string of the molecule is COc1c(NC(C)CC(F)(F)F)sc(C(=O)N(C)C)c1N. The summed E-state index contributed by atoms with van der Waals surface area (Å²) in [5, 5.41) is 3.01. The Morgan fingerprint density at radius 1 is 1.48 bits per heavy atom. The second-order valence-electron chi connectivity index (χ2n) is 4.77. The maximum absolute atomic E-state index is 12.4. The summed E-state index contributed by atoms with van der Waals surface area (Å²) in [6.45, 7) is 1.40. The van der Waals surface area contributed by atoms with Crippen LogP contribution in [0.25, 0.3) is 0 Å². The predicted octanol–water partition coefficient (Wildman–Crippen LogP) is 2.79. The Morgan fingerprint density at radius 3 is 2.48 bits per heavy atom. The molecule has 1 heterocycles. The third kappa shape index (κ3) is 4.42. The summed E-state index contributed by atoms with van der Waals surface area (Å²) in [6.07, 6.45) is -5.27. The van der Waals surface area contributed by atoms with Gasteiger partial charge in [0.05, 0.1) is 13.5 Å². The number of alkyl halides is 3. The molecule has 0 aromatic carbocycles. The summed E-state index contributed by atoms with van der Waals surface area (Å²) in [7, 11) is 4.47. The first kappa shape index (κ1) is 17.4. The molecule has 9 heteroatoms. The van der Waals surface area contributed by atoms with E-state index in [1.54, 1.807) is 14.1 Å². The first-order chi connectivity index (χ1) is 9.56. The first-order valence-electron chi connectivity index (χ1n) is 6.08. The number of anilines is 2. The lowest BCUT2D eigenvalue weighted by Gasteiger charge is -2.16. The Bertz CT molecular complexity index is 515. The van der Waals surface area contributed by atoms with Crippen LogP contribution in [0.5, 0.6) is 5.75 Å². The number of halogens is 3. The molecule has 1 rings (SSSR count). The summed E-state index contributed by atoms with van der Waals surface area (Å²) in [6, 6.07) is -0.862. The van der Waals surface area contributed by atoms with Crippen LogP contribution in [-0.4, -0.2) is 44.2 Å². The molecule has 21 heavy (non-hydrogen) atoms. The van der Waals surface area contributed by atoms with Gasteiger partial charge in [-0.3, -0.25) is 4.79 Å². The molecule has 0 saturated heterocycles. The first-order valence-corrected chi connectivity index (χ1v) is 6.89. The number of nitrogens with zero attached hydrogens (tertiary/aromatic N) is 1. The maximum atomic E-state index is 12.4. The lowest BCUT2D eigenvalue weighted by Crippen LogP contribution is -2.23. The number of hydrogen-bond donors (Lipinski definition) is 2. The number of carbonyl (C=O) groups is 1. The van der Waals surface area contributed by atoms with Gasteiger partial charge in [0.1, 0.15) is 15.6 Å². The van der Waals surface area contributed by atoms with Crippen molar-refractivity contribution in [2.24, 2.45) is 0 Å². The number of carbonyl (C=O) groups excluding carboxylic acids is 1. The van der Waals surface area contributed by atoms with E-state index in [1.807, 2.05) is 0 Å². The standard InChI is InChI=1S/C12H18F3N3O2S/c1-6(5-12(13,14)15)17-10-8(20-4)7(16)9(21-10)11(19)18(2)3/h6,17H,5,16H2,1-4H3. The molecule has 3 N–H and O–H groups in total. The van der Waals surface area contributed by atoms with Gasteiger partial charge >= 0.3 is 6.18 Å². The summed E-state index contributed by atoms with van der Waals surface area (Å²) in [5.74, 6) is -0.133. The lowest BCUT2D eigenvalue weighted by atomic mass is 10.2. The number of nitrogens with two attached hydrogens (primary N) is 1. The molecule has 0 aliphatic heterocycles. The van der Waals surface area contributed by atoms with Gasteiger partial charge in [0, 0.05) is 20.1 Å². The van der Waals surface area contributed by atoms with Crippen LogP contribution in [0.15, 0.2) is 0 Å². The number of methoxy groups -OCH3 is 1. The van der Waals surface area contributed by atoms with Gasteiger partial charge in [-0.15, -0.1) is 11.3 Å². The minimum atomic E-state index is -4.27. The Balaban J connectivity index is 3.03. The second kappa shape index (κ2) is 6.42. The number of hydrogen-bond acceptors (Lipinski definition) is 5. The molecule has 120 valence electrons. The van der Waals surface area contributed by atoms with Crippen molar-refractivity contribution in [2.75, 3.05) is 32.3 Å². The molecule has 0 bridgehead atoms. The molecule has 0 fully saturated rings. The third-order valence-electron chi connectivity index (χ3n) is 2.62. The van der Waals surface area contributed by atoms with Gasteiger partial charge in [-0.25, -0.2) is 0 Å². The zero-order valence-electron chi connectivity index (χ0n) is 12.2. The van der Waals surface area contributed by atoms with E-state index in [0.717, 1.165) is 11.3 Å². The van der Waals surface area contributed by atoms with Crippen molar-refractivity contribution in [3.05, 3.63) is 4.88 Å². The van der Waals surface area contributed by atoms with Crippen LogP contribution >= 0.6 is 11.3 Å². The minimum Gasteiger partial charge on any atom is -0.492 e. The largest absolute Gasteiger partial charge is 0.492 e. The maximum Gasteiger partial charge on any atom is 0.391 e. The molecule has 0 aliphatic carbocycles. The van der Waals surface area contributed by atoms with Crippen molar-refractivity contribution < 1.29 is 22.7 Å². The molecular formula is C12H18F3N3O2S. The highest BCUT2D eigenvalue weighted by molar-refractivity contribution is 7.19. The van der Waals surface area contributed by atoms with Gasteiger partial charge in [-0.2, -0.15) is 13.2 Å². The minimum absolute atomic E-state index is 0.128. The summed E-state index contributed by atoms with van der Waals surface area (Å²) >= 11 is 0.982. The monoisotopic (exact) mass is 325 g/mol. The molecule has 0 saturated carbocycles. The van der Waals surface area contributed by atoms with Crippen molar-refractivity contribution in [2.45, 2.75) is 25.6 Å². The highest BCUT2D eigenvalue weighted by atomic mass is 32.1. The van der Waals surface area contributed by atoms with Crippen LogP contribution in [-0.2, 0) is 0 Å². The molecule has 1 unspecified atom stereocenters. The fourth-order valence-corrected chi connectivity index (χ4v) is 2.93. The number of nitrogen functional groups attached to an aromatic ring is 1. The van der Waals surface area contributed by atoms with Gasteiger partial charge in [-0.1, -0.05) is 0 Å². The number of thiophene rings is 1. The average Bonchev–Trinajstić information content (AvgIpc) is 2.61. The fraction of sp³-hybridized carbons (Fsp3) is 0.583. The normalized spacial score (nSPS) is 12.9. The molecule has 1 aromatic heterocycles. The Kier molecular flexibility index (Phi) is 5.32. The van der Waals surface area contributed by atoms with Crippen LogP contribution in [0.2, 0.25) is 0 Å². The number of rotatable bonds is 5. The molecule has 0 aliphatic rings. The number of amides is 1. The lowest BCUT2D eigenvalue weighted by molar-refractivity contribution is -0.136. The predicted molar refractivity (Wildman–Crippen MR) is 77.1 cm³/mol. The topological polar surface area (TPSA) is 67.6 Å². The van der Waals surface area contributed by atoms with E-state index in [4.69, 9.17) is 10.5 Å². The van der Waals surface area contributed by atoms with Crippen LogP contribution in [0.4, 0.5) is 23.9 Å². The van der Waals surface area contributed by atoms with E-state index >= 15 is 0 Å². The molecule has 1 amide bonds. The van der Waals surface area contributed by atoms with Gasteiger partial charge in [0.15, 0.2) is 5.75 Å². The molecule has 1 aromatic rings. The molecule has 0 spiro atoms. The van der Waals surface area contributed by atoms with Crippen molar-refractivity contribution in [1.29, 1.82) is 0 Å². The zero-order valence-corrected chi connectivity index (χ0v) is 13.0. The van der Waals surface area contributed by atoms with E-state index < -0.39 is 18.6 Å². The summed E-state index contributed by atoms with van der Waals surface area (Å²) < 4.78 is 42.2. The fourth-order valence-electron chi connectivity index (χ4n) is 1.71. The van der Waals surface area contributed by atoms with Crippen molar-refractivity contribution in [3.8, 4) is 5.75 Å². The third-order valence-corrected chi connectivity index (χ3v) is 3.73. The van der Waals surface area contributed by atoms with E-state index in [1.165, 1.54) is 18.9 Å². The van der Waals surface area contributed by atoms with E-state index in [9.17, 15) is 18.0 Å². The van der Waals surface area contributed by atoms with Crippen LogP contribution < -0.4 is 15.8 Å². The van der Waals surface area contributed by atoms with Gasteiger partial charge in [-0.05, 0) is 6.92 Å². The Morgan fingerprint density at radius 2 is 2.05 bits per heavy atom. The van der Waals surface area contributed by atoms with Gasteiger partial charge < -0.3 is 20.7 Å². The summed E-state index contributed by atoms with van der Waals surface area (Å²) in [4.78, 5) is 13.5.